The number of aryl methyl sites for hydroxylation is 2. The van der Waals surface area contributed by atoms with Crippen molar-refractivity contribution in [3.63, 3.8) is 0 Å². The fourth-order valence-corrected chi connectivity index (χ4v) is 2.81. The zero-order valence-corrected chi connectivity index (χ0v) is 13.3. The number of aromatic amines is 1. The number of hydrogen-bond acceptors (Lipinski definition) is 4. The molecule has 5 heteroatoms. The summed E-state index contributed by atoms with van der Waals surface area (Å²) >= 11 is 1.63. The average molecular weight is 294 g/mol. The van der Waals surface area contributed by atoms with Crippen LogP contribution in [0.25, 0.3) is 11.0 Å². The summed E-state index contributed by atoms with van der Waals surface area (Å²) in [5.41, 5.74) is 4.64. The number of nitrogens with zero attached hydrogens (tertiary/aromatic N) is 1. The van der Waals surface area contributed by atoms with Gasteiger partial charge in [0.1, 0.15) is 0 Å². The van der Waals surface area contributed by atoms with Gasteiger partial charge in [0.15, 0.2) is 11.4 Å². The van der Waals surface area contributed by atoms with Gasteiger partial charge in [-0.25, -0.2) is 4.98 Å². The second kappa shape index (κ2) is 7.11. The lowest BCUT2D eigenvalue weighted by Gasteiger charge is -2.15. The monoisotopic (exact) mass is 294 g/mol. The Morgan fingerprint density at radius 2 is 1.80 bits per heavy atom. The Labute approximate surface area is 124 Å². The number of fused-ring (bicyclic) bond motifs is 1. The summed E-state index contributed by atoms with van der Waals surface area (Å²) < 4.78 is 11.1. The van der Waals surface area contributed by atoms with Crippen molar-refractivity contribution in [2.45, 2.75) is 39.1 Å². The Bertz CT molecular complexity index is 523. The number of H-pyrrole nitrogens is 1. The predicted octanol–water partition coefficient (Wildman–Crippen LogP) is 3.67. The minimum Gasteiger partial charge on any atom is -0.352 e. The molecule has 4 nitrogen and oxygen atoms in total. The van der Waals surface area contributed by atoms with Gasteiger partial charge in [-0.1, -0.05) is 11.8 Å². The number of ether oxygens (including phenoxy) is 2. The van der Waals surface area contributed by atoms with Crippen LogP contribution in [-0.4, -0.2) is 35.2 Å². The summed E-state index contributed by atoms with van der Waals surface area (Å²) in [5, 5.41) is 0.911. The number of aromatic nitrogens is 2. The Balaban J connectivity index is 2.06. The summed E-state index contributed by atoms with van der Waals surface area (Å²) in [7, 11) is 0. The van der Waals surface area contributed by atoms with Crippen molar-refractivity contribution in [2.75, 3.05) is 19.0 Å². The highest BCUT2D eigenvalue weighted by Gasteiger charge is 2.11. The predicted molar refractivity (Wildman–Crippen MR) is 83.3 cm³/mol. The number of thioether (sulfide) groups is 1. The van der Waals surface area contributed by atoms with Crippen molar-refractivity contribution in [1.82, 2.24) is 9.97 Å². The molecule has 0 bridgehead atoms. The molecule has 20 heavy (non-hydrogen) atoms. The number of benzene rings is 1. The molecule has 110 valence electrons. The summed E-state index contributed by atoms with van der Waals surface area (Å²) in [6.07, 6.45) is -0.174. The summed E-state index contributed by atoms with van der Waals surface area (Å²) in [4.78, 5) is 7.95. The molecule has 0 spiro atoms. The smallest absolute Gasteiger partial charge is 0.166 e. The van der Waals surface area contributed by atoms with Gasteiger partial charge >= 0.3 is 0 Å². The summed E-state index contributed by atoms with van der Waals surface area (Å²) in [6.45, 7) is 9.49. The van der Waals surface area contributed by atoms with E-state index in [-0.39, 0.29) is 6.29 Å². The molecule has 1 heterocycles. The van der Waals surface area contributed by atoms with Gasteiger partial charge in [-0.3, -0.25) is 0 Å². The molecule has 0 aliphatic carbocycles. The van der Waals surface area contributed by atoms with Crippen LogP contribution in [0.5, 0.6) is 0 Å². The van der Waals surface area contributed by atoms with Gasteiger partial charge in [0.2, 0.25) is 0 Å². The molecule has 0 radical (unpaired) electrons. The van der Waals surface area contributed by atoms with E-state index in [0.29, 0.717) is 13.2 Å². The highest BCUT2D eigenvalue weighted by molar-refractivity contribution is 7.99. The quantitative estimate of drug-likeness (QED) is 0.625. The third kappa shape index (κ3) is 3.75. The first-order chi connectivity index (χ1) is 9.63. The third-order valence-electron chi connectivity index (χ3n) is 3.14. The molecule has 0 aliphatic heterocycles. The number of rotatable bonds is 7. The normalized spacial score (nSPS) is 11.7. The van der Waals surface area contributed by atoms with Gasteiger partial charge in [0, 0.05) is 13.2 Å². The minimum atomic E-state index is -0.174. The second-order valence-electron chi connectivity index (χ2n) is 4.65. The molecule has 1 aromatic heterocycles. The van der Waals surface area contributed by atoms with Crippen molar-refractivity contribution < 1.29 is 9.47 Å². The molecule has 1 aromatic carbocycles. The van der Waals surface area contributed by atoms with Crippen molar-refractivity contribution in [1.29, 1.82) is 0 Å². The second-order valence-corrected chi connectivity index (χ2v) is 5.66. The van der Waals surface area contributed by atoms with E-state index in [1.165, 1.54) is 11.1 Å². The van der Waals surface area contributed by atoms with Crippen molar-refractivity contribution in [3.8, 4) is 0 Å². The van der Waals surface area contributed by atoms with Crippen LogP contribution in [0.15, 0.2) is 17.3 Å². The fourth-order valence-electron chi connectivity index (χ4n) is 1.98. The first-order valence-electron chi connectivity index (χ1n) is 6.97. The summed E-state index contributed by atoms with van der Waals surface area (Å²) in [6, 6.07) is 4.26. The van der Waals surface area contributed by atoms with E-state index in [9.17, 15) is 0 Å². The maximum Gasteiger partial charge on any atom is 0.166 e. The largest absolute Gasteiger partial charge is 0.352 e. The summed E-state index contributed by atoms with van der Waals surface area (Å²) in [5.74, 6) is 0.736. The molecule has 0 saturated heterocycles. The van der Waals surface area contributed by atoms with Crippen LogP contribution in [0.2, 0.25) is 0 Å². The van der Waals surface area contributed by atoms with Crippen molar-refractivity contribution in [3.05, 3.63) is 23.3 Å². The third-order valence-corrected chi connectivity index (χ3v) is 4.04. The fraction of sp³-hybridized carbons (Fsp3) is 0.533. The molecular weight excluding hydrogens is 272 g/mol. The number of nitrogens with one attached hydrogen (secondary N) is 1. The van der Waals surface area contributed by atoms with E-state index in [1.54, 1.807) is 11.8 Å². The molecule has 0 atom stereocenters. The van der Waals surface area contributed by atoms with E-state index in [4.69, 9.17) is 9.47 Å². The highest BCUT2D eigenvalue weighted by Crippen LogP contribution is 2.23. The van der Waals surface area contributed by atoms with Gasteiger partial charge in [0.25, 0.3) is 0 Å². The van der Waals surface area contributed by atoms with Crippen molar-refractivity contribution in [2.24, 2.45) is 0 Å². The van der Waals surface area contributed by atoms with Gasteiger partial charge in [-0.2, -0.15) is 0 Å². The van der Waals surface area contributed by atoms with E-state index >= 15 is 0 Å². The van der Waals surface area contributed by atoms with Crippen LogP contribution in [0.1, 0.15) is 25.0 Å². The molecule has 2 rings (SSSR count). The standard InChI is InChI=1S/C15H22N2O2S/c1-5-18-14(19-6-2)9-20-15-16-12-7-10(3)11(4)8-13(12)17-15/h7-8,14H,5-6,9H2,1-4H3,(H,16,17). The van der Waals surface area contributed by atoms with Gasteiger partial charge < -0.3 is 14.5 Å². The zero-order valence-electron chi connectivity index (χ0n) is 12.5. The van der Waals surface area contributed by atoms with Gasteiger partial charge in [-0.05, 0) is 51.0 Å². The lowest BCUT2D eigenvalue weighted by Crippen LogP contribution is -2.20. The van der Waals surface area contributed by atoms with Crippen LogP contribution in [0, 0.1) is 13.8 Å². The first kappa shape index (κ1) is 15.4. The molecule has 1 N–H and O–H groups in total. The molecule has 0 aliphatic rings. The van der Waals surface area contributed by atoms with Crippen LogP contribution >= 0.6 is 11.8 Å². The Morgan fingerprint density at radius 3 is 2.45 bits per heavy atom. The molecule has 2 aromatic rings. The Hall–Kier alpha value is -1.04. The molecule has 0 amide bonds. The molecule has 0 fully saturated rings. The SMILES string of the molecule is CCOC(CSc1nc2cc(C)c(C)cc2[nH]1)OCC. The highest BCUT2D eigenvalue weighted by atomic mass is 32.2. The average Bonchev–Trinajstić information content (AvgIpc) is 2.79. The Morgan fingerprint density at radius 1 is 1.15 bits per heavy atom. The van der Waals surface area contributed by atoms with Crippen LogP contribution in [0.3, 0.4) is 0 Å². The van der Waals surface area contributed by atoms with Crippen LogP contribution in [-0.2, 0) is 9.47 Å². The lowest BCUT2D eigenvalue weighted by atomic mass is 10.1. The molecule has 0 saturated carbocycles. The number of hydrogen-bond donors (Lipinski definition) is 1. The molecular formula is C15H22N2O2S. The van der Waals surface area contributed by atoms with E-state index in [0.717, 1.165) is 21.9 Å². The van der Waals surface area contributed by atoms with Crippen LogP contribution < -0.4 is 0 Å². The van der Waals surface area contributed by atoms with Crippen molar-refractivity contribution >= 4 is 22.8 Å². The van der Waals surface area contributed by atoms with Crippen LogP contribution in [0.4, 0.5) is 0 Å². The maximum atomic E-state index is 5.53. The van der Waals surface area contributed by atoms with Gasteiger partial charge in [-0.15, -0.1) is 0 Å². The topological polar surface area (TPSA) is 47.1 Å². The Kier molecular flexibility index (Phi) is 5.46. The lowest BCUT2D eigenvalue weighted by molar-refractivity contribution is -0.120. The maximum absolute atomic E-state index is 5.53. The first-order valence-corrected chi connectivity index (χ1v) is 7.95. The van der Waals surface area contributed by atoms with Gasteiger partial charge in [0.05, 0.1) is 16.8 Å². The minimum absolute atomic E-state index is 0.174. The number of imidazole rings is 1. The molecule has 0 unspecified atom stereocenters. The van der Waals surface area contributed by atoms with E-state index in [2.05, 4.69) is 35.9 Å². The van der Waals surface area contributed by atoms with E-state index < -0.39 is 0 Å². The zero-order chi connectivity index (χ0) is 14.5. The van der Waals surface area contributed by atoms with E-state index in [1.807, 2.05) is 13.8 Å².